The van der Waals surface area contributed by atoms with Gasteiger partial charge in [-0.15, -0.1) is 0 Å². The zero-order valence-electron chi connectivity index (χ0n) is 15.5. The normalized spacial score (nSPS) is 14.2. The van der Waals surface area contributed by atoms with Crippen LogP contribution in [0.4, 0.5) is 5.69 Å². The molecule has 142 valence electrons. The van der Waals surface area contributed by atoms with Gasteiger partial charge in [0.15, 0.2) is 0 Å². The lowest BCUT2D eigenvalue weighted by Gasteiger charge is -2.36. The first kappa shape index (κ1) is 19.0. The molecule has 2 aromatic rings. The van der Waals surface area contributed by atoms with Gasteiger partial charge in [-0.3, -0.25) is 4.79 Å². The summed E-state index contributed by atoms with van der Waals surface area (Å²) in [7, 11) is 0. The summed E-state index contributed by atoms with van der Waals surface area (Å²) in [6.07, 6.45) is 1.50. The van der Waals surface area contributed by atoms with Crippen molar-refractivity contribution in [2.45, 2.75) is 25.7 Å². The minimum Gasteiger partial charge on any atom is -0.550 e. The number of carbonyl (C=O) groups excluding carboxylic acids is 2. The van der Waals surface area contributed by atoms with E-state index in [1.165, 1.54) is 16.8 Å². The van der Waals surface area contributed by atoms with Gasteiger partial charge in [0.25, 0.3) is 0 Å². The molecular formula is C22H25N2O3-. The highest BCUT2D eigenvalue weighted by atomic mass is 16.4. The van der Waals surface area contributed by atoms with E-state index >= 15 is 0 Å². The number of anilines is 1. The summed E-state index contributed by atoms with van der Waals surface area (Å²) in [5.74, 6) is -1.06. The minimum atomic E-state index is -1.09. The molecule has 2 aromatic carbocycles. The first-order valence-corrected chi connectivity index (χ1v) is 9.47. The molecule has 0 aromatic heterocycles. The van der Waals surface area contributed by atoms with Crippen molar-refractivity contribution in [3.05, 3.63) is 65.7 Å². The average molecular weight is 365 g/mol. The summed E-state index contributed by atoms with van der Waals surface area (Å²) in [6, 6.07) is 19.0. The van der Waals surface area contributed by atoms with Crippen LogP contribution in [0.5, 0.6) is 0 Å². The van der Waals surface area contributed by atoms with Crippen LogP contribution in [-0.4, -0.2) is 43.0 Å². The molecule has 1 heterocycles. The Labute approximate surface area is 160 Å². The number of benzene rings is 2. The summed E-state index contributed by atoms with van der Waals surface area (Å²) in [6.45, 7) is 2.94. The van der Waals surface area contributed by atoms with Crippen LogP contribution in [0, 0.1) is 0 Å². The smallest absolute Gasteiger partial charge is 0.222 e. The van der Waals surface area contributed by atoms with Crippen LogP contribution < -0.4 is 10.0 Å². The Morgan fingerprint density at radius 1 is 0.815 bits per heavy atom. The van der Waals surface area contributed by atoms with E-state index in [0.29, 0.717) is 19.5 Å². The molecule has 1 aliphatic heterocycles. The van der Waals surface area contributed by atoms with Gasteiger partial charge in [0, 0.05) is 44.3 Å². The number of carbonyl (C=O) groups is 2. The predicted octanol–water partition coefficient (Wildman–Crippen LogP) is 1.85. The van der Waals surface area contributed by atoms with Crippen LogP contribution >= 0.6 is 0 Å². The molecule has 1 aliphatic rings. The molecule has 0 unspecified atom stereocenters. The first-order chi connectivity index (χ1) is 13.1. The number of hydrogen-bond donors (Lipinski definition) is 0. The van der Waals surface area contributed by atoms with Gasteiger partial charge in [-0.2, -0.15) is 0 Å². The Balaban J connectivity index is 1.48. The molecule has 0 spiro atoms. The quantitative estimate of drug-likeness (QED) is 0.751. The molecule has 1 saturated heterocycles. The Hall–Kier alpha value is -2.82. The molecule has 0 aliphatic carbocycles. The number of nitrogens with zero attached hydrogens (tertiary/aromatic N) is 2. The molecule has 3 rings (SSSR count). The Kier molecular flexibility index (Phi) is 6.47. The van der Waals surface area contributed by atoms with Gasteiger partial charge in [0.1, 0.15) is 0 Å². The molecule has 0 radical (unpaired) electrons. The fraction of sp³-hybridized carbons (Fsp3) is 0.364. The Morgan fingerprint density at radius 3 is 2.07 bits per heavy atom. The van der Waals surface area contributed by atoms with Crippen LogP contribution in [0.25, 0.3) is 0 Å². The van der Waals surface area contributed by atoms with E-state index in [0.717, 1.165) is 19.5 Å². The SMILES string of the molecule is O=C([O-])CCCC(=O)N1CCN(c2ccc(Cc3ccccc3)cc2)CC1. The van der Waals surface area contributed by atoms with Crippen molar-refractivity contribution in [1.29, 1.82) is 0 Å². The second kappa shape index (κ2) is 9.21. The van der Waals surface area contributed by atoms with Crippen molar-refractivity contribution in [2.24, 2.45) is 0 Å². The van der Waals surface area contributed by atoms with Crippen LogP contribution in [0.15, 0.2) is 54.6 Å². The van der Waals surface area contributed by atoms with Crippen LogP contribution in [0.3, 0.4) is 0 Å². The van der Waals surface area contributed by atoms with Gasteiger partial charge in [-0.05, 0) is 42.5 Å². The van der Waals surface area contributed by atoms with E-state index in [4.69, 9.17) is 0 Å². The first-order valence-electron chi connectivity index (χ1n) is 9.47. The fourth-order valence-corrected chi connectivity index (χ4v) is 3.41. The molecule has 0 atom stereocenters. The molecule has 5 nitrogen and oxygen atoms in total. The van der Waals surface area contributed by atoms with Crippen molar-refractivity contribution < 1.29 is 14.7 Å². The number of amides is 1. The van der Waals surface area contributed by atoms with Gasteiger partial charge in [-0.1, -0.05) is 42.5 Å². The summed E-state index contributed by atoms with van der Waals surface area (Å²) in [5.41, 5.74) is 3.76. The topological polar surface area (TPSA) is 63.7 Å². The highest BCUT2D eigenvalue weighted by molar-refractivity contribution is 5.77. The van der Waals surface area contributed by atoms with Gasteiger partial charge in [0.2, 0.25) is 5.91 Å². The predicted molar refractivity (Wildman–Crippen MR) is 103 cm³/mol. The number of carboxylic acids is 1. The van der Waals surface area contributed by atoms with Crippen molar-refractivity contribution in [2.75, 3.05) is 31.1 Å². The van der Waals surface area contributed by atoms with E-state index < -0.39 is 5.97 Å². The second-order valence-corrected chi connectivity index (χ2v) is 6.92. The van der Waals surface area contributed by atoms with Crippen molar-refractivity contribution in [1.82, 2.24) is 4.90 Å². The number of hydrogen-bond acceptors (Lipinski definition) is 4. The largest absolute Gasteiger partial charge is 0.550 e. The summed E-state index contributed by atoms with van der Waals surface area (Å²) in [5, 5.41) is 10.4. The molecule has 0 bridgehead atoms. The van der Waals surface area contributed by atoms with E-state index in [2.05, 4.69) is 53.4 Å². The zero-order chi connectivity index (χ0) is 19.1. The second-order valence-electron chi connectivity index (χ2n) is 6.92. The van der Waals surface area contributed by atoms with Gasteiger partial charge >= 0.3 is 0 Å². The highest BCUT2D eigenvalue weighted by Crippen LogP contribution is 2.19. The van der Waals surface area contributed by atoms with E-state index in [1.807, 2.05) is 11.0 Å². The van der Waals surface area contributed by atoms with Crippen LogP contribution in [0.1, 0.15) is 30.4 Å². The molecule has 0 saturated carbocycles. The summed E-state index contributed by atoms with van der Waals surface area (Å²) in [4.78, 5) is 26.7. The molecule has 1 fully saturated rings. The molecule has 0 N–H and O–H groups in total. The van der Waals surface area contributed by atoms with Gasteiger partial charge in [0.05, 0.1) is 0 Å². The van der Waals surface area contributed by atoms with Gasteiger partial charge < -0.3 is 19.7 Å². The number of piperazine rings is 1. The summed E-state index contributed by atoms with van der Waals surface area (Å²) < 4.78 is 0. The van der Waals surface area contributed by atoms with E-state index in [9.17, 15) is 14.7 Å². The summed E-state index contributed by atoms with van der Waals surface area (Å²) >= 11 is 0. The van der Waals surface area contributed by atoms with Crippen LogP contribution in [0.2, 0.25) is 0 Å². The lowest BCUT2D eigenvalue weighted by atomic mass is 10.0. The average Bonchev–Trinajstić information content (AvgIpc) is 2.69. The third-order valence-electron chi connectivity index (χ3n) is 4.96. The number of rotatable bonds is 7. The third kappa shape index (κ3) is 5.58. The number of aliphatic carboxylic acids is 1. The minimum absolute atomic E-state index is 0.0362. The van der Waals surface area contributed by atoms with Crippen LogP contribution in [-0.2, 0) is 16.0 Å². The monoisotopic (exact) mass is 365 g/mol. The van der Waals surface area contributed by atoms with E-state index in [-0.39, 0.29) is 18.7 Å². The molecule has 5 heteroatoms. The highest BCUT2D eigenvalue weighted by Gasteiger charge is 2.20. The van der Waals surface area contributed by atoms with Crippen molar-refractivity contribution in [3.63, 3.8) is 0 Å². The van der Waals surface area contributed by atoms with Gasteiger partial charge in [-0.25, -0.2) is 0 Å². The van der Waals surface area contributed by atoms with Crippen molar-refractivity contribution >= 4 is 17.6 Å². The maximum atomic E-state index is 12.1. The molecule has 27 heavy (non-hydrogen) atoms. The standard InChI is InChI=1S/C22H26N2O3/c25-21(7-4-8-22(26)27)24-15-13-23(14-16-24)20-11-9-19(10-12-20)17-18-5-2-1-3-6-18/h1-3,5-6,9-12H,4,7-8,13-17H2,(H,26,27)/p-1. The Bertz CT molecular complexity index is 751. The molecule has 1 amide bonds. The molecular weight excluding hydrogens is 340 g/mol. The fourth-order valence-electron chi connectivity index (χ4n) is 3.41. The number of carboxylic acid groups (broad SMARTS) is 1. The lowest BCUT2D eigenvalue weighted by Crippen LogP contribution is -2.48. The third-order valence-corrected chi connectivity index (χ3v) is 4.96. The lowest BCUT2D eigenvalue weighted by molar-refractivity contribution is -0.305. The maximum Gasteiger partial charge on any atom is 0.222 e. The van der Waals surface area contributed by atoms with E-state index in [1.54, 1.807) is 0 Å². The zero-order valence-corrected chi connectivity index (χ0v) is 15.5. The Morgan fingerprint density at radius 2 is 1.44 bits per heavy atom. The maximum absolute atomic E-state index is 12.1. The van der Waals surface area contributed by atoms with Crippen molar-refractivity contribution in [3.8, 4) is 0 Å².